The van der Waals surface area contributed by atoms with Crippen molar-refractivity contribution >= 4 is 5.97 Å². The molecule has 0 saturated heterocycles. The minimum Gasteiger partial charge on any atom is -0.494 e. The molecule has 3 N–H and O–H groups in total. The van der Waals surface area contributed by atoms with Crippen LogP contribution in [-0.2, 0) is 11.2 Å². The highest BCUT2D eigenvalue weighted by Gasteiger charge is 2.36. The van der Waals surface area contributed by atoms with E-state index in [1.807, 2.05) is 25.1 Å². The molecule has 1 aromatic rings. The van der Waals surface area contributed by atoms with Crippen LogP contribution in [0.1, 0.15) is 24.0 Å². The number of hydrogen-bond donors (Lipinski definition) is 2. The molecule has 0 bridgehead atoms. The zero-order valence-electron chi connectivity index (χ0n) is 9.14. The van der Waals surface area contributed by atoms with Crippen LogP contribution in [0.4, 0.5) is 0 Å². The Morgan fingerprint density at radius 3 is 3.00 bits per heavy atom. The SMILES string of the molecule is CCOc1cccc2c1CC(N)C2C(=O)O. The predicted molar refractivity (Wildman–Crippen MR) is 59.7 cm³/mol. The molecular weight excluding hydrogens is 206 g/mol. The summed E-state index contributed by atoms with van der Waals surface area (Å²) in [6.07, 6.45) is 0.572. The molecule has 4 nitrogen and oxygen atoms in total. The second kappa shape index (κ2) is 4.14. The summed E-state index contributed by atoms with van der Waals surface area (Å²) in [5.41, 5.74) is 7.60. The highest BCUT2D eigenvalue weighted by atomic mass is 16.5. The predicted octanol–water partition coefficient (Wildman–Crippen LogP) is 1.14. The molecular formula is C12H15NO3. The van der Waals surface area contributed by atoms with Crippen LogP contribution in [0.25, 0.3) is 0 Å². The van der Waals surface area contributed by atoms with E-state index < -0.39 is 11.9 Å². The minimum absolute atomic E-state index is 0.353. The smallest absolute Gasteiger partial charge is 0.312 e. The fourth-order valence-corrected chi connectivity index (χ4v) is 2.28. The highest BCUT2D eigenvalue weighted by Crippen LogP contribution is 2.37. The Balaban J connectivity index is 2.44. The van der Waals surface area contributed by atoms with Crippen LogP contribution < -0.4 is 10.5 Å². The van der Waals surface area contributed by atoms with Gasteiger partial charge in [0.1, 0.15) is 5.75 Å². The maximum atomic E-state index is 11.1. The summed E-state index contributed by atoms with van der Waals surface area (Å²) in [6, 6.07) is 5.15. The second-order valence-corrected chi connectivity index (χ2v) is 3.94. The summed E-state index contributed by atoms with van der Waals surface area (Å²) in [6.45, 7) is 2.48. The fraction of sp³-hybridized carbons (Fsp3) is 0.417. The largest absolute Gasteiger partial charge is 0.494 e. The first-order chi connectivity index (χ1) is 7.65. The first-order valence-corrected chi connectivity index (χ1v) is 5.38. The molecule has 1 aromatic carbocycles. The van der Waals surface area contributed by atoms with Crippen LogP contribution in [0.2, 0.25) is 0 Å². The normalized spacial score (nSPS) is 22.9. The summed E-state index contributed by atoms with van der Waals surface area (Å²) in [7, 11) is 0. The lowest BCUT2D eigenvalue weighted by atomic mass is 9.99. The number of fused-ring (bicyclic) bond motifs is 1. The highest BCUT2D eigenvalue weighted by molar-refractivity contribution is 5.79. The molecule has 0 aromatic heterocycles. The molecule has 86 valence electrons. The minimum atomic E-state index is -0.861. The molecule has 2 unspecified atom stereocenters. The molecule has 0 radical (unpaired) electrons. The average Bonchev–Trinajstić information content (AvgIpc) is 2.55. The number of carboxylic acids is 1. The van der Waals surface area contributed by atoms with Crippen molar-refractivity contribution in [3.8, 4) is 5.75 Å². The van der Waals surface area contributed by atoms with Gasteiger partial charge < -0.3 is 15.6 Å². The molecule has 0 heterocycles. The van der Waals surface area contributed by atoms with Crippen molar-refractivity contribution in [2.45, 2.75) is 25.3 Å². The van der Waals surface area contributed by atoms with Crippen LogP contribution in [-0.4, -0.2) is 23.7 Å². The summed E-state index contributed by atoms with van der Waals surface area (Å²) < 4.78 is 5.48. The van der Waals surface area contributed by atoms with Crippen molar-refractivity contribution in [1.82, 2.24) is 0 Å². The summed E-state index contributed by atoms with van der Waals surface area (Å²) in [4.78, 5) is 11.1. The van der Waals surface area contributed by atoms with Gasteiger partial charge in [-0.05, 0) is 30.5 Å². The van der Waals surface area contributed by atoms with E-state index in [2.05, 4.69) is 0 Å². The molecule has 1 aliphatic carbocycles. The topological polar surface area (TPSA) is 72.5 Å². The number of nitrogens with two attached hydrogens (primary N) is 1. The number of hydrogen-bond acceptors (Lipinski definition) is 3. The molecule has 16 heavy (non-hydrogen) atoms. The van der Waals surface area contributed by atoms with Gasteiger partial charge in [-0.3, -0.25) is 4.79 Å². The van der Waals surface area contributed by atoms with Crippen LogP contribution in [0, 0.1) is 0 Å². The van der Waals surface area contributed by atoms with Gasteiger partial charge in [0.2, 0.25) is 0 Å². The molecule has 2 rings (SSSR count). The second-order valence-electron chi connectivity index (χ2n) is 3.94. The van der Waals surface area contributed by atoms with Crippen molar-refractivity contribution in [2.24, 2.45) is 5.73 Å². The first kappa shape index (κ1) is 11.0. The number of rotatable bonds is 3. The lowest BCUT2D eigenvalue weighted by Crippen LogP contribution is -2.30. The van der Waals surface area contributed by atoms with Crippen molar-refractivity contribution in [1.29, 1.82) is 0 Å². The van der Waals surface area contributed by atoms with E-state index in [4.69, 9.17) is 15.6 Å². The zero-order chi connectivity index (χ0) is 11.7. The molecule has 2 atom stereocenters. The number of aliphatic carboxylic acids is 1. The Bertz CT molecular complexity index is 417. The zero-order valence-corrected chi connectivity index (χ0v) is 9.14. The van der Waals surface area contributed by atoms with E-state index in [-0.39, 0.29) is 6.04 Å². The van der Waals surface area contributed by atoms with Gasteiger partial charge in [0.25, 0.3) is 0 Å². The Hall–Kier alpha value is -1.55. The van der Waals surface area contributed by atoms with Gasteiger partial charge in [-0.15, -0.1) is 0 Å². The Morgan fingerprint density at radius 1 is 1.62 bits per heavy atom. The van der Waals surface area contributed by atoms with Crippen molar-refractivity contribution in [2.75, 3.05) is 6.61 Å². The quantitative estimate of drug-likeness (QED) is 0.802. The molecule has 0 amide bonds. The van der Waals surface area contributed by atoms with Crippen LogP contribution in [0.3, 0.4) is 0 Å². The van der Waals surface area contributed by atoms with E-state index >= 15 is 0 Å². The average molecular weight is 221 g/mol. The fourth-order valence-electron chi connectivity index (χ4n) is 2.28. The van der Waals surface area contributed by atoms with E-state index in [0.29, 0.717) is 13.0 Å². The van der Waals surface area contributed by atoms with E-state index in [1.165, 1.54) is 0 Å². The maximum absolute atomic E-state index is 11.1. The molecule has 0 saturated carbocycles. The third-order valence-corrected chi connectivity index (χ3v) is 2.94. The first-order valence-electron chi connectivity index (χ1n) is 5.38. The van der Waals surface area contributed by atoms with E-state index in [9.17, 15) is 4.79 Å². The standard InChI is InChI=1S/C12H15NO3/c1-2-16-10-5-3-4-7-8(10)6-9(13)11(7)12(14)15/h3-5,9,11H,2,6,13H2,1H3,(H,14,15). The Labute approximate surface area is 94.0 Å². The lowest BCUT2D eigenvalue weighted by molar-refractivity contribution is -0.139. The molecule has 1 aliphatic rings. The summed E-state index contributed by atoms with van der Waals surface area (Å²) in [5.74, 6) is -0.700. The third-order valence-electron chi connectivity index (χ3n) is 2.94. The van der Waals surface area contributed by atoms with Crippen molar-refractivity contribution in [3.63, 3.8) is 0 Å². The van der Waals surface area contributed by atoms with Crippen molar-refractivity contribution < 1.29 is 14.6 Å². The van der Waals surface area contributed by atoms with E-state index in [1.54, 1.807) is 0 Å². The van der Waals surface area contributed by atoms with Gasteiger partial charge in [-0.1, -0.05) is 12.1 Å². The van der Waals surface area contributed by atoms with Crippen molar-refractivity contribution in [3.05, 3.63) is 29.3 Å². The number of ether oxygens (including phenoxy) is 1. The summed E-state index contributed by atoms with van der Waals surface area (Å²) in [5, 5.41) is 9.13. The van der Waals surface area contributed by atoms with Crippen LogP contribution in [0.15, 0.2) is 18.2 Å². The summed E-state index contributed by atoms with van der Waals surface area (Å²) >= 11 is 0. The maximum Gasteiger partial charge on any atom is 0.312 e. The van der Waals surface area contributed by atoms with Gasteiger partial charge in [-0.2, -0.15) is 0 Å². The number of benzene rings is 1. The number of carboxylic acid groups (broad SMARTS) is 1. The van der Waals surface area contributed by atoms with Gasteiger partial charge in [-0.25, -0.2) is 0 Å². The van der Waals surface area contributed by atoms with Crippen LogP contribution >= 0.6 is 0 Å². The third kappa shape index (κ3) is 1.65. The van der Waals surface area contributed by atoms with Gasteiger partial charge in [0, 0.05) is 6.04 Å². The van der Waals surface area contributed by atoms with Gasteiger partial charge in [0.15, 0.2) is 0 Å². The lowest BCUT2D eigenvalue weighted by Gasteiger charge is -2.11. The van der Waals surface area contributed by atoms with Gasteiger partial charge >= 0.3 is 5.97 Å². The Morgan fingerprint density at radius 2 is 2.38 bits per heavy atom. The van der Waals surface area contributed by atoms with E-state index in [0.717, 1.165) is 16.9 Å². The van der Waals surface area contributed by atoms with Crippen LogP contribution in [0.5, 0.6) is 5.75 Å². The molecule has 0 aliphatic heterocycles. The molecule has 0 fully saturated rings. The molecule has 4 heteroatoms. The number of carbonyl (C=O) groups is 1. The molecule has 0 spiro atoms. The Kier molecular flexibility index (Phi) is 2.83. The van der Waals surface area contributed by atoms with Gasteiger partial charge in [0.05, 0.1) is 12.5 Å². The monoisotopic (exact) mass is 221 g/mol.